The molecule has 0 saturated heterocycles. The van der Waals surface area contributed by atoms with Crippen LogP contribution in [-0.4, -0.2) is 12.1 Å². The van der Waals surface area contributed by atoms with Crippen molar-refractivity contribution in [3.63, 3.8) is 0 Å². The minimum atomic E-state index is 0.910. The number of nitrogens with one attached hydrogen (secondary N) is 1. The van der Waals surface area contributed by atoms with E-state index in [2.05, 4.69) is 5.32 Å². The molecule has 0 amide bonds. The van der Waals surface area contributed by atoms with Crippen LogP contribution < -0.4 is 5.32 Å². The van der Waals surface area contributed by atoms with Crippen molar-refractivity contribution < 1.29 is 0 Å². The molecule has 3 saturated carbocycles. The van der Waals surface area contributed by atoms with Gasteiger partial charge in [0, 0.05) is 12.1 Å². The highest BCUT2D eigenvalue weighted by Crippen LogP contribution is 2.44. The minimum Gasteiger partial charge on any atom is -0.311 e. The van der Waals surface area contributed by atoms with Crippen LogP contribution >= 0.6 is 0 Å². The summed E-state index contributed by atoms with van der Waals surface area (Å²) in [5.41, 5.74) is 0. The van der Waals surface area contributed by atoms with Crippen LogP contribution in [0.25, 0.3) is 0 Å². The quantitative estimate of drug-likeness (QED) is 0.662. The number of hydrogen-bond acceptors (Lipinski definition) is 1. The van der Waals surface area contributed by atoms with Gasteiger partial charge in [0.1, 0.15) is 0 Å². The molecule has 0 aromatic carbocycles. The highest BCUT2D eigenvalue weighted by Gasteiger charge is 2.38. The van der Waals surface area contributed by atoms with Crippen molar-refractivity contribution in [2.24, 2.45) is 11.8 Å². The van der Waals surface area contributed by atoms with Crippen molar-refractivity contribution in [1.82, 2.24) is 5.32 Å². The van der Waals surface area contributed by atoms with Gasteiger partial charge < -0.3 is 5.32 Å². The van der Waals surface area contributed by atoms with Crippen molar-refractivity contribution >= 4 is 0 Å². The van der Waals surface area contributed by atoms with Crippen LogP contribution in [0.1, 0.15) is 44.9 Å². The largest absolute Gasteiger partial charge is 0.311 e. The molecule has 1 nitrogen and oxygen atoms in total. The second-order valence-electron chi connectivity index (χ2n) is 5.06. The maximum absolute atomic E-state index is 3.78. The summed E-state index contributed by atoms with van der Waals surface area (Å²) >= 11 is 0. The Morgan fingerprint density at radius 1 is 0.750 bits per heavy atom. The van der Waals surface area contributed by atoms with Crippen LogP contribution in [-0.2, 0) is 0 Å². The Balaban J connectivity index is 1.56. The molecule has 2 atom stereocenters. The fourth-order valence-corrected chi connectivity index (χ4v) is 3.28. The average Bonchev–Trinajstić information content (AvgIpc) is 2.56. The van der Waals surface area contributed by atoms with E-state index in [9.17, 15) is 0 Å². The summed E-state index contributed by atoms with van der Waals surface area (Å²) in [7, 11) is 0. The Hall–Kier alpha value is -0.0400. The fourth-order valence-electron chi connectivity index (χ4n) is 3.28. The van der Waals surface area contributed by atoms with Crippen LogP contribution in [0.4, 0.5) is 0 Å². The Kier molecular flexibility index (Phi) is 1.68. The van der Waals surface area contributed by atoms with Gasteiger partial charge in [-0.05, 0) is 37.5 Å². The summed E-state index contributed by atoms with van der Waals surface area (Å²) in [4.78, 5) is 0. The molecule has 12 heavy (non-hydrogen) atoms. The van der Waals surface area contributed by atoms with Crippen LogP contribution in [0.2, 0.25) is 0 Å². The first-order valence-corrected chi connectivity index (χ1v) is 5.68. The van der Waals surface area contributed by atoms with E-state index >= 15 is 0 Å². The molecule has 0 aromatic rings. The Morgan fingerprint density at radius 3 is 2.00 bits per heavy atom. The predicted molar refractivity (Wildman–Crippen MR) is 50.0 cm³/mol. The maximum Gasteiger partial charge on any atom is 0.00751 e. The summed E-state index contributed by atoms with van der Waals surface area (Å²) in [6.45, 7) is 0. The molecular weight excluding hydrogens is 146 g/mol. The Labute approximate surface area is 74.9 Å². The summed E-state index contributed by atoms with van der Waals surface area (Å²) < 4.78 is 0. The zero-order valence-corrected chi connectivity index (χ0v) is 7.76. The third-order valence-corrected chi connectivity index (χ3v) is 4.04. The van der Waals surface area contributed by atoms with E-state index in [1.807, 2.05) is 0 Å². The molecular formula is C11H19N. The van der Waals surface area contributed by atoms with Crippen molar-refractivity contribution in [2.75, 3.05) is 0 Å². The maximum atomic E-state index is 3.78. The lowest BCUT2D eigenvalue weighted by atomic mass is 10.0. The summed E-state index contributed by atoms with van der Waals surface area (Å²) in [6.07, 6.45) is 10.5. The van der Waals surface area contributed by atoms with E-state index in [1.165, 1.54) is 44.9 Å². The molecule has 0 aliphatic heterocycles. The molecule has 3 fully saturated rings. The molecule has 0 heterocycles. The highest BCUT2D eigenvalue weighted by atomic mass is 15.0. The van der Waals surface area contributed by atoms with Crippen molar-refractivity contribution in [3.05, 3.63) is 0 Å². The molecule has 0 bridgehead atoms. The molecule has 3 aliphatic rings. The van der Waals surface area contributed by atoms with Gasteiger partial charge in [-0.1, -0.05) is 19.3 Å². The second-order valence-corrected chi connectivity index (χ2v) is 5.06. The Bertz CT molecular complexity index is 162. The third-order valence-electron chi connectivity index (χ3n) is 4.04. The third kappa shape index (κ3) is 1.28. The summed E-state index contributed by atoms with van der Waals surface area (Å²) in [5, 5.41) is 3.78. The van der Waals surface area contributed by atoms with E-state index < -0.39 is 0 Å². The van der Waals surface area contributed by atoms with Gasteiger partial charge in [-0.2, -0.15) is 0 Å². The van der Waals surface area contributed by atoms with Gasteiger partial charge in [0.2, 0.25) is 0 Å². The Morgan fingerprint density at radius 2 is 1.42 bits per heavy atom. The normalized spacial score (nSPS) is 46.5. The first-order valence-electron chi connectivity index (χ1n) is 5.68. The SMILES string of the molecule is C1CC2CC(NC3CC3)CC2C1. The predicted octanol–water partition coefficient (Wildman–Crippen LogP) is 2.32. The van der Waals surface area contributed by atoms with Crippen molar-refractivity contribution in [1.29, 1.82) is 0 Å². The lowest BCUT2D eigenvalue weighted by Crippen LogP contribution is -2.28. The molecule has 1 heteroatoms. The topological polar surface area (TPSA) is 12.0 Å². The summed E-state index contributed by atoms with van der Waals surface area (Å²) in [5.74, 6) is 2.22. The van der Waals surface area contributed by atoms with E-state index in [-0.39, 0.29) is 0 Å². The van der Waals surface area contributed by atoms with Gasteiger partial charge in [-0.15, -0.1) is 0 Å². The molecule has 1 N–H and O–H groups in total. The average molecular weight is 165 g/mol. The molecule has 2 unspecified atom stereocenters. The van der Waals surface area contributed by atoms with Gasteiger partial charge in [-0.3, -0.25) is 0 Å². The first kappa shape index (κ1) is 7.37. The monoisotopic (exact) mass is 165 g/mol. The first-order chi connectivity index (χ1) is 5.92. The van der Waals surface area contributed by atoms with Crippen molar-refractivity contribution in [2.45, 2.75) is 57.0 Å². The van der Waals surface area contributed by atoms with Crippen molar-refractivity contribution in [3.8, 4) is 0 Å². The molecule has 68 valence electrons. The zero-order chi connectivity index (χ0) is 7.97. The molecule has 3 aliphatic carbocycles. The van der Waals surface area contributed by atoms with Crippen LogP contribution in [0.3, 0.4) is 0 Å². The van der Waals surface area contributed by atoms with Crippen LogP contribution in [0.5, 0.6) is 0 Å². The van der Waals surface area contributed by atoms with Gasteiger partial charge in [0.25, 0.3) is 0 Å². The van der Waals surface area contributed by atoms with Crippen LogP contribution in [0, 0.1) is 11.8 Å². The van der Waals surface area contributed by atoms with E-state index in [0.717, 1.165) is 23.9 Å². The number of hydrogen-bond donors (Lipinski definition) is 1. The van der Waals surface area contributed by atoms with E-state index in [0.29, 0.717) is 0 Å². The standard InChI is InChI=1S/C11H19N/c1-2-8-6-11(7-9(8)3-1)12-10-4-5-10/h8-12H,1-7H2. The molecule has 3 rings (SSSR count). The molecule has 0 spiro atoms. The zero-order valence-electron chi connectivity index (χ0n) is 7.76. The van der Waals surface area contributed by atoms with E-state index in [4.69, 9.17) is 0 Å². The second kappa shape index (κ2) is 2.73. The fraction of sp³-hybridized carbons (Fsp3) is 1.00. The van der Waals surface area contributed by atoms with Gasteiger partial charge in [0.05, 0.1) is 0 Å². The van der Waals surface area contributed by atoms with Crippen LogP contribution in [0.15, 0.2) is 0 Å². The van der Waals surface area contributed by atoms with Gasteiger partial charge in [-0.25, -0.2) is 0 Å². The highest BCUT2D eigenvalue weighted by molar-refractivity contribution is 4.94. The smallest absolute Gasteiger partial charge is 0.00751 e. The molecule has 0 aromatic heterocycles. The lowest BCUT2D eigenvalue weighted by Gasteiger charge is -2.11. The lowest BCUT2D eigenvalue weighted by molar-refractivity contribution is 0.457. The van der Waals surface area contributed by atoms with Gasteiger partial charge >= 0.3 is 0 Å². The van der Waals surface area contributed by atoms with E-state index in [1.54, 1.807) is 0 Å². The molecule has 0 radical (unpaired) electrons. The van der Waals surface area contributed by atoms with Gasteiger partial charge in [0.15, 0.2) is 0 Å². The minimum absolute atomic E-state index is 0.910. The number of rotatable bonds is 2. The number of fused-ring (bicyclic) bond motifs is 1. The summed E-state index contributed by atoms with van der Waals surface area (Å²) in [6, 6.07) is 1.83.